The summed E-state index contributed by atoms with van der Waals surface area (Å²) >= 11 is 0. The van der Waals surface area contributed by atoms with Crippen LogP contribution in [0.3, 0.4) is 0 Å². The van der Waals surface area contributed by atoms with E-state index in [0.717, 1.165) is 6.42 Å². The first-order chi connectivity index (χ1) is 8.06. The summed E-state index contributed by atoms with van der Waals surface area (Å²) in [4.78, 5) is 11.0. The summed E-state index contributed by atoms with van der Waals surface area (Å²) in [7, 11) is -0.931. The van der Waals surface area contributed by atoms with E-state index in [1.54, 1.807) is 0 Å². The first kappa shape index (κ1) is 17.3. The molecule has 0 N–H and O–H groups in total. The van der Waals surface area contributed by atoms with Crippen LogP contribution in [0.15, 0.2) is 0 Å². The molecule has 0 rings (SSSR count). The zero-order valence-corrected chi connectivity index (χ0v) is 14.9. The molecule has 0 saturated heterocycles. The molecule has 102 valence electrons. The van der Waals surface area contributed by atoms with Gasteiger partial charge in [-0.2, -0.15) is 0 Å². The lowest BCUT2D eigenvalue weighted by atomic mass is 10.2. The van der Waals surface area contributed by atoms with Crippen LogP contribution in [-0.4, -0.2) is 29.2 Å². The van der Waals surface area contributed by atoms with E-state index in [1.165, 1.54) is 13.2 Å². The summed E-state index contributed by atoms with van der Waals surface area (Å²) in [5.41, 5.74) is 0.557. The normalized spacial score (nSPS) is 13.3. The van der Waals surface area contributed by atoms with Gasteiger partial charge in [-0.05, 0) is 0 Å². The average Bonchev–Trinajstić information content (AvgIpc) is 2.19. The van der Waals surface area contributed by atoms with Gasteiger partial charge in [0.2, 0.25) is 0 Å². The molecule has 0 aromatic carbocycles. The molecule has 0 bridgehead atoms. The number of rotatable bonds is 5. The smallest absolute Gasteiger partial charge is 0.384 e. The van der Waals surface area contributed by atoms with Crippen LogP contribution in [0.5, 0.6) is 0 Å². The van der Waals surface area contributed by atoms with Crippen molar-refractivity contribution in [2.75, 3.05) is 7.11 Å². The number of methoxy groups -OCH3 is 1. The van der Waals surface area contributed by atoms with Crippen LogP contribution >= 0.6 is 0 Å². The van der Waals surface area contributed by atoms with Crippen molar-refractivity contribution in [3.63, 3.8) is 0 Å². The maximum Gasteiger partial charge on any atom is 0.384 e. The molecule has 0 saturated carbocycles. The van der Waals surface area contributed by atoms with Crippen LogP contribution in [0, 0.1) is 18.3 Å². The van der Waals surface area contributed by atoms with E-state index in [-0.39, 0.29) is 0 Å². The predicted molar refractivity (Wildman–Crippen MR) is 84.0 cm³/mol. The number of carbonyl (C=O) groups excluding carboxylic acids is 1. The Kier molecular flexibility index (Phi) is 6.79. The van der Waals surface area contributed by atoms with Gasteiger partial charge in [0.05, 0.1) is 33.2 Å². The summed E-state index contributed by atoms with van der Waals surface area (Å²) in [6.45, 7) is 14.2. The summed E-state index contributed by atoms with van der Waals surface area (Å²) in [6, 6.07) is 1.22. The highest BCUT2D eigenvalue weighted by Gasteiger charge is 2.34. The molecule has 0 amide bonds. The molecule has 18 heavy (non-hydrogen) atoms. The van der Waals surface area contributed by atoms with Gasteiger partial charge < -0.3 is 4.74 Å². The second-order valence-electron chi connectivity index (χ2n) is 6.97. The number of ether oxygens (including phenoxy) is 1. The molecule has 0 fully saturated rings. The Morgan fingerprint density at radius 2 is 1.78 bits per heavy atom. The largest absolute Gasteiger partial charge is 0.459 e. The van der Waals surface area contributed by atoms with E-state index in [9.17, 15) is 4.79 Å². The first-order valence-electron chi connectivity index (χ1n) is 6.46. The Labute approximate surface area is 115 Å². The van der Waals surface area contributed by atoms with Crippen molar-refractivity contribution >= 4 is 22.1 Å². The fourth-order valence-electron chi connectivity index (χ4n) is 1.52. The lowest BCUT2D eigenvalue weighted by Crippen LogP contribution is -2.31. The molecule has 0 aromatic rings. The highest BCUT2D eigenvalue weighted by Crippen LogP contribution is 2.31. The zero-order valence-electron chi connectivity index (χ0n) is 12.9. The summed E-state index contributed by atoms with van der Waals surface area (Å²) in [5.74, 6) is 5.07. The van der Waals surface area contributed by atoms with Crippen molar-refractivity contribution < 1.29 is 9.53 Å². The van der Waals surface area contributed by atoms with Gasteiger partial charge in [0.1, 0.15) is 8.07 Å². The zero-order chi connectivity index (χ0) is 14.4. The van der Waals surface area contributed by atoms with Gasteiger partial charge in [0.15, 0.2) is 0 Å². The second kappa shape index (κ2) is 7.05. The minimum Gasteiger partial charge on any atom is -0.459 e. The fraction of sp³-hybridized carbons (Fsp3) is 0.714. The van der Waals surface area contributed by atoms with Crippen LogP contribution in [0.1, 0.15) is 6.42 Å². The van der Waals surface area contributed by atoms with Crippen LogP contribution in [0.4, 0.5) is 0 Å². The van der Waals surface area contributed by atoms with Gasteiger partial charge in [-0.15, -0.1) is 0 Å². The van der Waals surface area contributed by atoms with Crippen molar-refractivity contribution in [3.05, 3.63) is 6.42 Å². The fourth-order valence-corrected chi connectivity index (χ4v) is 4.29. The molecular formula is C14H27O2Si2+. The molecule has 0 heterocycles. The summed E-state index contributed by atoms with van der Waals surface area (Å²) in [6.07, 6.45) is 3.25. The summed E-state index contributed by atoms with van der Waals surface area (Å²) < 4.78 is 4.53. The van der Waals surface area contributed by atoms with Crippen molar-refractivity contribution in [1.82, 2.24) is 0 Å². The minimum absolute atomic E-state index is 0.436. The van der Waals surface area contributed by atoms with Gasteiger partial charge in [0.25, 0.3) is 0 Å². The summed E-state index contributed by atoms with van der Waals surface area (Å²) in [5, 5.41) is 0. The monoisotopic (exact) mass is 283 g/mol. The molecule has 0 aromatic heterocycles. The van der Waals surface area contributed by atoms with Crippen molar-refractivity contribution in [2.45, 2.75) is 57.3 Å². The average molecular weight is 284 g/mol. The highest BCUT2D eigenvalue weighted by atomic mass is 28.3. The number of hydrogen-bond acceptors (Lipinski definition) is 2. The second-order valence-corrected chi connectivity index (χ2v) is 18.0. The topological polar surface area (TPSA) is 26.3 Å². The Balaban J connectivity index is 4.51. The molecule has 0 aliphatic rings. The third kappa shape index (κ3) is 8.43. The number of hydrogen-bond donors (Lipinski definition) is 0. The third-order valence-corrected chi connectivity index (χ3v) is 6.95. The van der Waals surface area contributed by atoms with Crippen LogP contribution in [-0.2, 0) is 9.53 Å². The quantitative estimate of drug-likeness (QED) is 0.252. The molecule has 2 nitrogen and oxygen atoms in total. The molecule has 0 radical (unpaired) electrons. The van der Waals surface area contributed by atoms with Gasteiger partial charge >= 0.3 is 5.97 Å². The van der Waals surface area contributed by atoms with E-state index in [2.05, 4.69) is 62.3 Å². The predicted octanol–water partition coefficient (Wildman–Crippen LogP) is 3.80. The first-order valence-corrected chi connectivity index (χ1v) is 13.7. The van der Waals surface area contributed by atoms with Gasteiger partial charge in [-0.25, -0.2) is 4.79 Å². The number of esters is 1. The van der Waals surface area contributed by atoms with Crippen molar-refractivity contribution in [1.29, 1.82) is 0 Å². The van der Waals surface area contributed by atoms with E-state index < -0.39 is 22.1 Å². The van der Waals surface area contributed by atoms with E-state index >= 15 is 0 Å². The Hall–Kier alpha value is -0.666. The molecule has 0 spiro atoms. The molecule has 0 aliphatic carbocycles. The molecule has 0 aliphatic heterocycles. The van der Waals surface area contributed by atoms with Gasteiger partial charge in [-0.3, -0.25) is 0 Å². The maximum absolute atomic E-state index is 11.0. The van der Waals surface area contributed by atoms with Gasteiger partial charge in [0, 0.05) is 12.3 Å². The van der Waals surface area contributed by atoms with Crippen molar-refractivity contribution in [2.24, 2.45) is 0 Å². The lowest BCUT2D eigenvalue weighted by Gasteiger charge is -2.22. The van der Waals surface area contributed by atoms with Crippen molar-refractivity contribution in [3.8, 4) is 11.8 Å². The molecule has 1 unspecified atom stereocenters. The SMILES string of the molecule is COC(=O)C#CCC([CH+]C[Si](C)(C)C)[Si](C)(C)C. The van der Waals surface area contributed by atoms with Crippen LogP contribution in [0.25, 0.3) is 0 Å². The lowest BCUT2D eigenvalue weighted by molar-refractivity contribution is -0.133. The van der Waals surface area contributed by atoms with Gasteiger partial charge in [-0.1, -0.05) is 45.2 Å². The van der Waals surface area contributed by atoms with E-state index in [1.807, 2.05) is 0 Å². The Bertz CT molecular complexity index is 326. The van der Waals surface area contributed by atoms with Crippen LogP contribution in [0.2, 0.25) is 50.9 Å². The standard InChI is InChI=1S/C14H27O2Si2/c1-16-14(15)10-8-9-13(18(5,6)7)11-12-17(2,3)4/h11,13H,9,12H2,1-7H3/q+1. The Morgan fingerprint density at radius 3 is 2.17 bits per heavy atom. The third-order valence-electron chi connectivity index (χ3n) is 2.82. The van der Waals surface area contributed by atoms with Crippen LogP contribution < -0.4 is 0 Å². The van der Waals surface area contributed by atoms with E-state index in [0.29, 0.717) is 5.54 Å². The highest BCUT2D eigenvalue weighted by molar-refractivity contribution is 6.79. The molecule has 4 heteroatoms. The Morgan fingerprint density at radius 1 is 1.22 bits per heavy atom. The molecular weight excluding hydrogens is 256 g/mol. The molecule has 1 atom stereocenters. The minimum atomic E-state index is -1.26. The number of carbonyl (C=O) groups is 1. The maximum atomic E-state index is 11.0. The van der Waals surface area contributed by atoms with E-state index in [4.69, 9.17) is 0 Å².